The van der Waals surface area contributed by atoms with Gasteiger partial charge in [-0.3, -0.25) is 4.98 Å². The summed E-state index contributed by atoms with van der Waals surface area (Å²) in [5.74, 6) is 0.266. The Morgan fingerprint density at radius 1 is 0.885 bits per heavy atom. The predicted molar refractivity (Wildman–Crippen MR) is 106 cm³/mol. The topological polar surface area (TPSA) is 69.1 Å². The highest BCUT2D eigenvalue weighted by Gasteiger charge is 2.07. The molecular weight excluding hydrogens is 322 g/mol. The third kappa shape index (κ3) is 3.52. The molecule has 1 aliphatic carbocycles. The van der Waals surface area contributed by atoms with Crippen molar-refractivity contribution in [3.63, 3.8) is 0 Å². The van der Waals surface area contributed by atoms with Gasteiger partial charge in [-0.2, -0.15) is 0 Å². The van der Waals surface area contributed by atoms with Crippen LogP contribution in [0.2, 0.25) is 0 Å². The van der Waals surface area contributed by atoms with E-state index in [0.29, 0.717) is 0 Å². The maximum atomic E-state index is 5.59. The number of aromatic nitrogens is 4. The van der Waals surface area contributed by atoms with Gasteiger partial charge in [0, 0.05) is 23.3 Å². The molecule has 0 amide bonds. The molecule has 0 aliphatic heterocycles. The van der Waals surface area contributed by atoms with Crippen LogP contribution >= 0.6 is 0 Å². The number of nitrogens with zero attached hydrogens (tertiary/aromatic N) is 4. The lowest BCUT2D eigenvalue weighted by atomic mass is 10.0. The zero-order chi connectivity index (χ0) is 17.8. The molecule has 0 saturated heterocycles. The first kappa shape index (κ1) is 16.5. The van der Waals surface area contributed by atoms with E-state index < -0.39 is 0 Å². The van der Waals surface area contributed by atoms with Crippen molar-refractivity contribution >= 4 is 22.4 Å². The Kier molecular flexibility index (Phi) is 4.78. The summed E-state index contributed by atoms with van der Waals surface area (Å²) < 4.78 is 1.74. The van der Waals surface area contributed by atoms with Gasteiger partial charge < -0.3 is 5.73 Å². The summed E-state index contributed by atoms with van der Waals surface area (Å²) >= 11 is 0. The summed E-state index contributed by atoms with van der Waals surface area (Å²) in [5.41, 5.74) is 9.71. The fourth-order valence-electron chi connectivity index (χ4n) is 3.46. The van der Waals surface area contributed by atoms with Crippen molar-refractivity contribution in [2.75, 3.05) is 5.73 Å². The van der Waals surface area contributed by atoms with Crippen LogP contribution in [0.5, 0.6) is 0 Å². The van der Waals surface area contributed by atoms with E-state index in [2.05, 4.69) is 33.3 Å². The number of pyridine rings is 1. The molecule has 3 aromatic heterocycles. The molecule has 0 spiro atoms. The number of nitrogen functional groups attached to an aromatic ring is 1. The smallest absolute Gasteiger partial charge is 0.238 e. The molecule has 0 unspecified atom stereocenters. The van der Waals surface area contributed by atoms with Crippen LogP contribution in [0, 0.1) is 0 Å². The van der Waals surface area contributed by atoms with E-state index in [1.165, 1.54) is 38.5 Å². The zero-order valence-corrected chi connectivity index (χ0v) is 14.8. The first-order valence-electron chi connectivity index (χ1n) is 9.26. The average Bonchev–Trinajstić information content (AvgIpc) is 3.12. The number of rotatable bonds is 1. The van der Waals surface area contributed by atoms with Crippen molar-refractivity contribution in [1.82, 2.24) is 19.6 Å². The van der Waals surface area contributed by atoms with Crippen molar-refractivity contribution in [3.8, 4) is 11.1 Å². The van der Waals surface area contributed by atoms with Crippen LogP contribution in [0.1, 0.15) is 38.5 Å². The molecule has 5 nitrogen and oxygen atoms in total. The molecule has 2 N–H and O–H groups in total. The lowest BCUT2D eigenvalue weighted by Crippen LogP contribution is -1.99. The molecule has 0 radical (unpaired) electrons. The van der Waals surface area contributed by atoms with Crippen molar-refractivity contribution in [3.05, 3.63) is 55.0 Å². The standard InChI is InChI=1S/C15H11N5.C6H12/c16-15-18-9-14-12(5-7-20(14)19-15)10-3-4-13-11(8-10)2-1-6-17-13;1-2-4-6-5-3-1/h1-9H,(H2,16,19);1-6H2. The Hall–Kier alpha value is -2.95. The number of hydrogen-bond donors (Lipinski definition) is 1. The summed E-state index contributed by atoms with van der Waals surface area (Å²) in [6.07, 6.45) is 14.4. The highest BCUT2D eigenvalue weighted by molar-refractivity contribution is 5.88. The van der Waals surface area contributed by atoms with Crippen LogP contribution in [0.25, 0.3) is 27.5 Å². The molecule has 1 saturated carbocycles. The minimum Gasteiger partial charge on any atom is -0.367 e. The predicted octanol–water partition coefficient (Wildman–Crippen LogP) is 4.87. The minimum absolute atomic E-state index is 0.266. The molecule has 132 valence electrons. The van der Waals surface area contributed by atoms with Gasteiger partial charge in [0.1, 0.15) is 0 Å². The van der Waals surface area contributed by atoms with Gasteiger partial charge >= 0.3 is 0 Å². The van der Waals surface area contributed by atoms with E-state index in [4.69, 9.17) is 5.73 Å². The fourth-order valence-corrected chi connectivity index (χ4v) is 3.46. The molecule has 1 fully saturated rings. The Morgan fingerprint density at radius 3 is 2.42 bits per heavy atom. The van der Waals surface area contributed by atoms with Crippen molar-refractivity contribution in [2.45, 2.75) is 38.5 Å². The number of nitrogens with two attached hydrogens (primary N) is 1. The molecular formula is C21H23N5. The monoisotopic (exact) mass is 345 g/mol. The van der Waals surface area contributed by atoms with Crippen LogP contribution in [0.15, 0.2) is 55.0 Å². The molecule has 1 aliphatic rings. The van der Waals surface area contributed by atoms with Crippen LogP contribution < -0.4 is 5.73 Å². The van der Waals surface area contributed by atoms with Gasteiger partial charge in [-0.25, -0.2) is 9.50 Å². The maximum Gasteiger partial charge on any atom is 0.238 e. The van der Waals surface area contributed by atoms with E-state index >= 15 is 0 Å². The second kappa shape index (κ2) is 7.52. The second-order valence-corrected chi connectivity index (χ2v) is 6.71. The van der Waals surface area contributed by atoms with Gasteiger partial charge in [-0.1, -0.05) is 50.7 Å². The van der Waals surface area contributed by atoms with E-state index in [1.807, 2.05) is 24.4 Å². The highest BCUT2D eigenvalue weighted by Crippen LogP contribution is 2.27. The third-order valence-electron chi connectivity index (χ3n) is 4.85. The van der Waals surface area contributed by atoms with E-state index in [9.17, 15) is 0 Å². The Bertz CT molecular complexity index is 1010. The largest absolute Gasteiger partial charge is 0.367 e. The summed E-state index contributed by atoms with van der Waals surface area (Å²) in [4.78, 5) is 8.39. The molecule has 5 heteroatoms. The van der Waals surface area contributed by atoms with Gasteiger partial charge in [0.2, 0.25) is 5.95 Å². The Morgan fingerprint density at radius 2 is 1.65 bits per heavy atom. The molecule has 0 bridgehead atoms. The summed E-state index contributed by atoms with van der Waals surface area (Å²) in [7, 11) is 0. The molecule has 3 heterocycles. The van der Waals surface area contributed by atoms with E-state index in [1.54, 1.807) is 16.9 Å². The number of anilines is 1. The first-order valence-corrected chi connectivity index (χ1v) is 9.26. The summed E-state index contributed by atoms with van der Waals surface area (Å²) in [5, 5.41) is 5.27. The van der Waals surface area contributed by atoms with E-state index in [0.717, 1.165) is 27.5 Å². The molecule has 0 atom stereocenters. The summed E-state index contributed by atoms with van der Waals surface area (Å²) in [6, 6.07) is 12.2. The minimum atomic E-state index is 0.266. The lowest BCUT2D eigenvalue weighted by molar-refractivity contribution is 0.504. The van der Waals surface area contributed by atoms with Crippen molar-refractivity contribution in [2.24, 2.45) is 0 Å². The van der Waals surface area contributed by atoms with Crippen LogP contribution in [0.3, 0.4) is 0 Å². The zero-order valence-electron chi connectivity index (χ0n) is 14.8. The second-order valence-electron chi connectivity index (χ2n) is 6.71. The Balaban J connectivity index is 0.000000240. The SMILES string of the molecule is C1CCCCC1.Nc1ncc2c(-c3ccc4ncccc4c3)ccn2n1. The van der Waals surface area contributed by atoms with Gasteiger partial charge in [0.05, 0.1) is 17.2 Å². The van der Waals surface area contributed by atoms with Crippen molar-refractivity contribution < 1.29 is 0 Å². The van der Waals surface area contributed by atoms with E-state index in [-0.39, 0.29) is 5.95 Å². The van der Waals surface area contributed by atoms with Crippen LogP contribution in [-0.2, 0) is 0 Å². The third-order valence-corrected chi connectivity index (χ3v) is 4.85. The van der Waals surface area contributed by atoms with Crippen molar-refractivity contribution in [1.29, 1.82) is 0 Å². The fraction of sp³-hybridized carbons (Fsp3) is 0.286. The first-order chi connectivity index (χ1) is 12.8. The van der Waals surface area contributed by atoms with Gasteiger partial charge in [0.15, 0.2) is 0 Å². The van der Waals surface area contributed by atoms with Gasteiger partial charge in [-0.15, -0.1) is 5.10 Å². The highest BCUT2D eigenvalue weighted by atomic mass is 15.3. The molecule has 26 heavy (non-hydrogen) atoms. The number of fused-ring (bicyclic) bond motifs is 2. The lowest BCUT2D eigenvalue weighted by Gasteiger charge is -2.05. The van der Waals surface area contributed by atoms with Crippen LogP contribution in [0.4, 0.5) is 5.95 Å². The molecule has 1 aromatic carbocycles. The number of benzene rings is 1. The summed E-state index contributed by atoms with van der Waals surface area (Å²) in [6.45, 7) is 0. The van der Waals surface area contributed by atoms with Gasteiger partial charge in [-0.05, 0) is 29.8 Å². The molecule has 5 rings (SSSR count). The van der Waals surface area contributed by atoms with Gasteiger partial charge in [0.25, 0.3) is 0 Å². The van der Waals surface area contributed by atoms with Crippen LogP contribution in [-0.4, -0.2) is 19.6 Å². The Labute approximate surface area is 152 Å². The average molecular weight is 345 g/mol. The normalized spacial score (nSPS) is 14.2. The number of hydrogen-bond acceptors (Lipinski definition) is 4. The quantitative estimate of drug-likeness (QED) is 0.534. The maximum absolute atomic E-state index is 5.59. The molecule has 4 aromatic rings.